The van der Waals surface area contributed by atoms with Crippen molar-refractivity contribution >= 4 is 17.8 Å². The van der Waals surface area contributed by atoms with Crippen molar-refractivity contribution in [3.63, 3.8) is 0 Å². The van der Waals surface area contributed by atoms with Crippen molar-refractivity contribution in [2.45, 2.75) is 64.5 Å². The average molecular weight is 285 g/mol. The van der Waals surface area contributed by atoms with Crippen LogP contribution in [0.15, 0.2) is 0 Å². The second kappa shape index (κ2) is 8.55. The third kappa shape index (κ3) is 5.59. The topological polar surface area (TPSA) is 81.7 Å². The van der Waals surface area contributed by atoms with Crippen molar-refractivity contribution in [1.82, 2.24) is 5.32 Å². The molecule has 114 valence electrons. The van der Waals surface area contributed by atoms with Gasteiger partial charge < -0.3 is 14.8 Å². The van der Waals surface area contributed by atoms with E-state index in [4.69, 9.17) is 9.47 Å². The van der Waals surface area contributed by atoms with Crippen LogP contribution in [0.1, 0.15) is 52.4 Å². The summed E-state index contributed by atoms with van der Waals surface area (Å²) >= 11 is 0. The second-order valence-electron chi connectivity index (χ2n) is 4.90. The van der Waals surface area contributed by atoms with Gasteiger partial charge in [0.25, 0.3) is 5.91 Å². The number of rotatable bonds is 3. The van der Waals surface area contributed by atoms with Crippen LogP contribution in [-0.2, 0) is 23.9 Å². The second-order valence-corrected chi connectivity index (χ2v) is 4.90. The predicted molar refractivity (Wildman–Crippen MR) is 71.8 cm³/mol. The maximum Gasteiger partial charge on any atom is 0.328 e. The summed E-state index contributed by atoms with van der Waals surface area (Å²) in [5, 5.41) is 2.64. The first-order valence-corrected chi connectivity index (χ1v) is 7.18. The van der Waals surface area contributed by atoms with Gasteiger partial charge in [-0.3, -0.25) is 9.59 Å². The van der Waals surface area contributed by atoms with E-state index >= 15 is 0 Å². The molecule has 1 rings (SSSR count). The number of esters is 2. The normalized spacial score (nSPS) is 24.4. The van der Waals surface area contributed by atoms with E-state index < -0.39 is 30.0 Å². The molecule has 6 nitrogen and oxygen atoms in total. The monoisotopic (exact) mass is 285 g/mol. The fourth-order valence-corrected chi connectivity index (χ4v) is 2.23. The van der Waals surface area contributed by atoms with Crippen molar-refractivity contribution < 1.29 is 23.9 Å². The maximum absolute atomic E-state index is 12.1. The third-order valence-corrected chi connectivity index (χ3v) is 3.20. The quantitative estimate of drug-likeness (QED) is 0.791. The van der Waals surface area contributed by atoms with Crippen LogP contribution in [0.3, 0.4) is 0 Å². The predicted octanol–water partition coefficient (Wildman–Crippen LogP) is 1.32. The van der Waals surface area contributed by atoms with E-state index in [0.29, 0.717) is 12.8 Å². The minimum absolute atomic E-state index is 0.276. The molecule has 0 aromatic carbocycles. The largest absolute Gasteiger partial charge is 0.464 e. The average Bonchev–Trinajstić information content (AvgIpc) is 2.39. The number of carbonyl (C=O) groups excluding carboxylic acids is 3. The lowest BCUT2D eigenvalue weighted by molar-refractivity contribution is -0.156. The highest BCUT2D eigenvalue weighted by molar-refractivity contribution is 5.88. The summed E-state index contributed by atoms with van der Waals surface area (Å²) in [6.45, 7) is 3.27. The molecule has 2 unspecified atom stereocenters. The highest BCUT2D eigenvalue weighted by Crippen LogP contribution is 2.14. The molecule has 0 spiro atoms. The lowest BCUT2D eigenvalue weighted by atomic mass is 10.0. The van der Waals surface area contributed by atoms with Gasteiger partial charge >= 0.3 is 11.9 Å². The van der Waals surface area contributed by atoms with Crippen LogP contribution in [0.4, 0.5) is 0 Å². The number of hydrogen-bond donors (Lipinski definition) is 1. The van der Waals surface area contributed by atoms with Crippen LogP contribution in [0.2, 0.25) is 0 Å². The Hall–Kier alpha value is -1.59. The number of hydrogen-bond acceptors (Lipinski definition) is 5. The van der Waals surface area contributed by atoms with Crippen LogP contribution in [0.25, 0.3) is 0 Å². The van der Waals surface area contributed by atoms with Gasteiger partial charge in [-0.05, 0) is 26.2 Å². The smallest absolute Gasteiger partial charge is 0.328 e. The minimum atomic E-state index is -0.817. The molecule has 1 amide bonds. The Morgan fingerprint density at radius 1 is 1.20 bits per heavy atom. The molecule has 1 aliphatic heterocycles. The summed E-state index contributed by atoms with van der Waals surface area (Å²) in [4.78, 5) is 34.9. The lowest BCUT2D eigenvalue weighted by Gasteiger charge is -2.23. The van der Waals surface area contributed by atoms with Gasteiger partial charge in [0.05, 0.1) is 6.61 Å². The summed E-state index contributed by atoms with van der Waals surface area (Å²) in [6, 6.07) is -0.654. The Labute approximate surface area is 119 Å². The van der Waals surface area contributed by atoms with Crippen LogP contribution in [0.5, 0.6) is 0 Å². The molecule has 1 fully saturated rings. The standard InChI is InChI=1S/C14H23NO5/c1-3-19-14(18)11-8-6-4-5-7-9-12(13(17)15-11)20-10(2)16/h11-12H,3-9H2,1-2H3,(H,15,17). The molecule has 0 bridgehead atoms. The number of nitrogens with one attached hydrogen (secondary N) is 1. The molecule has 0 aliphatic carbocycles. The molecule has 1 N–H and O–H groups in total. The van der Waals surface area contributed by atoms with Gasteiger partial charge in [-0.25, -0.2) is 4.79 Å². The highest BCUT2D eigenvalue weighted by atomic mass is 16.5. The summed E-state index contributed by atoms with van der Waals surface area (Å²) in [6.07, 6.45) is 3.86. The zero-order valence-electron chi connectivity index (χ0n) is 12.1. The highest BCUT2D eigenvalue weighted by Gasteiger charge is 2.28. The van der Waals surface area contributed by atoms with E-state index in [2.05, 4.69) is 5.32 Å². The van der Waals surface area contributed by atoms with Gasteiger partial charge in [-0.15, -0.1) is 0 Å². The molecule has 0 aromatic heterocycles. The number of carbonyl (C=O) groups is 3. The molecule has 6 heteroatoms. The Morgan fingerprint density at radius 2 is 1.85 bits per heavy atom. The van der Waals surface area contributed by atoms with E-state index in [9.17, 15) is 14.4 Å². The van der Waals surface area contributed by atoms with Crippen molar-refractivity contribution in [1.29, 1.82) is 0 Å². The Kier molecular flexibility index (Phi) is 7.04. The first-order valence-electron chi connectivity index (χ1n) is 7.18. The molecular formula is C14H23NO5. The van der Waals surface area contributed by atoms with E-state index in [0.717, 1.165) is 25.7 Å². The Morgan fingerprint density at radius 3 is 2.45 bits per heavy atom. The molecular weight excluding hydrogens is 262 g/mol. The van der Waals surface area contributed by atoms with Gasteiger partial charge in [-0.1, -0.05) is 19.3 Å². The zero-order chi connectivity index (χ0) is 15.0. The van der Waals surface area contributed by atoms with Crippen molar-refractivity contribution in [3.8, 4) is 0 Å². The van der Waals surface area contributed by atoms with E-state index in [1.54, 1.807) is 6.92 Å². The third-order valence-electron chi connectivity index (χ3n) is 3.20. The zero-order valence-corrected chi connectivity index (χ0v) is 12.1. The molecule has 2 atom stereocenters. The van der Waals surface area contributed by atoms with Gasteiger partial charge in [0.1, 0.15) is 6.04 Å². The first kappa shape index (κ1) is 16.5. The summed E-state index contributed by atoms with van der Waals surface area (Å²) < 4.78 is 9.97. The number of amides is 1. The van der Waals surface area contributed by atoms with Gasteiger partial charge in [0.2, 0.25) is 0 Å². The first-order chi connectivity index (χ1) is 9.54. The van der Waals surface area contributed by atoms with E-state index in [1.807, 2.05) is 0 Å². The van der Waals surface area contributed by atoms with Crippen molar-refractivity contribution in [2.24, 2.45) is 0 Å². The van der Waals surface area contributed by atoms with Crippen LogP contribution in [0, 0.1) is 0 Å². The van der Waals surface area contributed by atoms with Gasteiger partial charge in [-0.2, -0.15) is 0 Å². The number of ether oxygens (including phenoxy) is 2. The fraction of sp³-hybridized carbons (Fsp3) is 0.786. The van der Waals surface area contributed by atoms with Crippen LogP contribution in [-0.4, -0.2) is 36.6 Å². The lowest BCUT2D eigenvalue weighted by Crippen LogP contribution is -2.47. The summed E-state index contributed by atoms with van der Waals surface area (Å²) in [5.41, 5.74) is 0. The Bertz CT molecular complexity index is 355. The summed E-state index contributed by atoms with van der Waals surface area (Å²) in [5.74, 6) is -1.34. The van der Waals surface area contributed by atoms with Gasteiger partial charge in [0, 0.05) is 6.92 Å². The Balaban J connectivity index is 2.71. The summed E-state index contributed by atoms with van der Waals surface area (Å²) in [7, 11) is 0. The van der Waals surface area contributed by atoms with Gasteiger partial charge in [0.15, 0.2) is 6.10 Å². The fourth-order valence-electron chi connectivity index (χ4n) is 2.23. The minimum Gasteiger partial charge on any atom is -0.464 e. The van der Waals surface area contributed by atoms with E-state index in [-0.39, 0.29) is 6.61 Å². The molecule has 1 aliphatic rings. The molecule has 0 radical (unpaired) electrons. The SMILES string of the molecule is CCOC(=O)C1CCCCCCC(OC(C)=O)C(=O)N1. The molecule has 20 heavy (non-hydrogen) atoms. The molecule has 1 saturated heterocycles. The molecule has 1 heterocycles. The molecule has 0 aromatic rings. The van der Waals surface area contributed by atoms with E-state index in [1.165, 1.54) is 6.92 Å². The maximum atomic E-state index is 12.1. The van der Waals surface area contributed by atoms with Crippen LogP contribution < -0.4 is 5.32 Å². The van der Waals surface area contributed by atoms with Crippen LogP contribution >= 0.6 is 0 Å². The molecule has 0 saturated carbocycles. The van der Waals surface area contributed by atoms with Crippen molar-refractivity contribution in [2.75, 3.05) is 6.61 Å². The van der Waals surface area contributed by atoms with Crippen molar-refractivity contribution in [3.05, 3.63) is 0 Å².